The molecule has 0 saturated carbocycles. The zero-order chi connectivity index (χ0) is 28.2. The summed E-state index contributed by atoms with van der Waals surface area (Å²) < 4.78 is 8.35. The molecule has 40 heavy (non-hydrogen) atoms. The molecule has 0 bridgehead atoms. The molecule has 6 aromatic rings. The summed E-state index contributed by atoms with van der Waals surface area (Å²) in [4.78, 5) is 37.4. The summed E-state index contributed by atoms with van der Waals surface area (Å²) in [7, 11) is 1.58. The number of aryl methyl sites for hydroxylation is 1. The molecular weight excluding hydrogens is 508 g/mol. The lowest BCUT2D eigenvalue weighted by molar-refractivity contribution is 0.100. The minimum atomic E-state index is -0.619. The Kier molecular flexibility index (Phi) is 7.18. The van der Waals surface area contributed by atoms with Gasteiger partial charge in [0.05, 0.1) is 23.7 Å². The smallest absolute Gasteiger partial charge is 0.266 e. The molecule has 0 saturated heterocycles. The minimum absolute atomic E-state index is 0.0746. The fourth-order valence-electron chi connectivity index (χ4n) is 4.43. The number of para-hydroxylation sites is 1. The molecule has 200 valence electrons. The number of benzene rings is 2. The number of primary amides is 1. The molecule has 1 amide bonds. The van der Waals surface area contributed by atoms with Crippen LogP contribution >= 0.6 is 0 Å². The van der Waals surface area contributed by atoms with Gasteiger partial charge in [0.2, 0.25) is 5.88 Å². The van der Waals surface area contributed by atoms with Gasteiger partial charge >= 0.3 is 0 Å². The lowest BCUT2D eigenvalue weighted by Crippen LogP contribution is -2.24. The maximum Gasteiger partial charge on any atom is 0.266 e. The van der Waals surface area contributed by atoms with Gasteiger partial charge in [-0.3, -0.25) is 14.2 Å². The molecule has 2 aromatic carbocycles. The van der Waals surface area contributed by atoms with E-state index in [4.69, 9.17) is 21.2 Å². The molecule has 6 rings (SSSR count). The Morgan fingerprint density at radius 3 is 2.52 bits per heavy atom. The third-order valence-electron chi connectivity index (χ3n) is 6.22. The number of pyridine rings is 1. The highest BCUT2D eigenvalue weighted by atomic mass is 16.5. The van der Waals surface area contributed by atoms with Crippen LogP contribution in [0.2, 0.25) is 0 Å². The van der Waals surface area contributed by atoms with Gasteiger partial charge in [0.15, 0.2) is 11.5 Å². The molecule has 0 aliphatic heterocycles. The van der Waals surface area contributed by atoms with Crippen molar-refractivity contribution in [3.05, 3.63) is 107 Å². The number of hydrogen-bond acceptors (Lipinski definition) is 8. The summed E-state index contributed by atoms with van der Waals surface area (Å²) in [6.45, 7) is 2.00. The lowest BCUT2D eigenvalue weighted by atomic mass is 10.0. The average molecular weight is 535 g/mol. The second kappa shape index (κ2) is 11.0. The number of methoxy groups -OCH3 is 1. The summed E-state index contributed by atoms with van der Waals surface area (Å²) in [5, 5.41) is 4.46. The van der Waals surface area contributed by atoms with Gasteiger partial charge in [0.25, 0.3) is 11.5 Å². The van der Waals surface area contributed by atoms with Crippen molar-refractivity contribution in [2.24, 2.45) is 5.73 Å². The average Bonchev–Trinajstić information content (AvgIpc) is 3.33. The number of anilines is 1. The lowest BCUT2D eigenvalue weighted by Gasteiger charge is -2.14. The van der Waals surface area contributed by atoms with E-state index in [1.807, 2.05) is 67.6 Å². The van der Waals surface area contributed by atoms with E-state index in [-0.39, 0.29) is 16.9 Å². The van der Waals surface area contributed by atoms with E-state index in [0.717, 1.165) is 22.6 Å². The van der Waals surface area contributed by atoms with E-state index in [2.05, 4.69) is 15.1 Å². The molecule has 4 heterocycles. The molecule has 0 fully saturated rings. The molecule has 4 N–H and O–H groups in total. The van der Waals surface area contributed by atoms with Crippen LogP contribution in [0.4, 0.5) is 5.82 Å². The maximum absolute atomic E-state index is 13.5. The highest BCUT2D eigenvalue weighted by Crippen LogP contribution is 2.28. The van der Waals surface area contributed by atoms with E-state index in [1.54, 1.807) is 36.3 Å². The van der Waals surface area contributed by atoms with Crippen molar-refractivity contribution < 1.29 is 9.53 Å². The van der Waals surface area contributed by atoms with Crippen LogP contribution in [0.3, 0.4) is 0 Å². The van der Waals surface area contributed by atoms with Gasteiger partial charge in [-0.1, -0.05) is 37.3 Å². The SMILES string of the molecule is CCc1nc2cccc(-c3ccnc(OC)c3)c2c(=O)n1-c1ccccc1.NC(=O)c1c(N)nn2cccnc12. The van der Waals surface area contributed by atoms with E-state index < -0.39 is 5.91 Å². The Morgan fingerprint density at radius 2 is 1.80 bits per heavy atom. The highest BCUT2D eigenvalue weighted by molar-refractivity contribution is 6.03. The van der Waals surface area contributed by atoms with E-state index in [0.29, 0.717) is 28.9 Å². The van der Waals surface area contributed by atoms with Gasteiger partial charge in [-0.15, -0.1) is 5.10 Å². The maximum atomic E-state index is 13.5. The number of ether oxygens (including phenoxy) is 1. The first-order valence-corrected chi connectivity index (χ1v) is 12.4. The first kappa shape index (κ1) is 26.0. The molecule has 0 spiro atoms. The number of nitrogens with zero attached hydrogens (tertiary/aromatic N) is 6. The number of carbonyl (C=O) groups excluding carboxylic acids is 1. The summed E-state index contributed by atoms with van der Waals surface area (Å²) in [6, 6.07) is 20.7. The predicted molar refractivity (Wildman–Crippen MR) is 152 cm³/mol. The monoisotopic (exact) mass is 534 g/mol. The number of aromatic nitrogens is 6. The zero-order valence-corrected chi connectivity index (χ0v) is 21.9. The Bertz CT molecular complexity index is 1900. The van der Waals surface area contributed by atoms with Crippen LogP contribution in [0.15, 0.2) is 90.1 Å². The Hall–Kier alpha value is -5.58. The van der Waals surface area contributed by atoms with Gasteiger partial charge in [0, 0.05) is 31.1 Å². The number of nitrogen functional groups attached to an aromatic ring is 1. The van der Waals surface area contributed by atoms with Gasteiger partial charge in [-0.2, -0.15) is 0 Å². The predicted octanol–water partition coefficient (Wildman–Crippen LogP) is 3.43. The standard InChI is InChI=1S/C22H19N3O2.C7H7N5O/c1-3-19-24-18-11-7-10-17(15-12-13-23-20(14-15)27-2)21(18)22(26)25(19)16-8-5-4-6-9-16;8-5-4(6(9)13)7-10-2-1-3-12(7)11-5/h4-14H,3H2,1-2H3;1-3H,(H2,8,11)(H2,9,13). The number of hydrogen-bond donors (Lipinski definition) is 2. The third-order valence-corrected chi connectivity index (χ3v) is 6.22. The molecule has 11 heteroatoms. The topological polar surface area (TPSA) is 156 Å². The number of fused-ring (bicyclic) bond motifs is 2. The van der Waals surface area contributed by atoms with Crippen molar-refractivity contribution in [2.75, 3.05) is 12.8 Å². The van der Waals surface area contributed by atoms with Crippen molar-refractivity contribution in [1.82, 2.24) is 29.1 Å². The molecule has 4 aromatic heterocycles. The molecule has 0 atom stereocenters. The van der Waals surface area contributed by atoms with Crippen LogP contribution in [0.5, 0.6) is 5.88 Å². The fraction of sp³-hybridized carbons (Fsp3) is 0.103. The highest BCUT2D eigenvalue weighted by Gasteiger charge is 2.16. The Balaban J connectivity index is 0.000000207. The Labute approximate surface area is 228 Å². The van der Waals surface area contributed by atoms with E-state index in [1.165, 1.54) is 4.52 Å². The quantitative estimate of drug-likeness (QED) is 0.341. The molecule has 0 radical (unpaired) electrons. The largest absolute Gasteiger partial charge is 0.481 e. The summed E-state index contributed by atoms with van der Waals surface area (Å²) in [6.07, 6.45) is 5.53. The fourth-order valence-corrected chi connectivity index (χ4v) is 4.43. The number of nitrogens with two attached hydrogens (primary N) is 2. The zero-order valence-electron chi connectivity index (χ0n) is 21.9. The van der Waals surface area contributed by atoms with Crippen molar-refractivity contribution >= 4 is 28.3 Å². The molecular formula is C29H26N8O3. The first-order chi connectivity index (χ1) is 19.4. The summed E-state index contributed by atoms with van der Waals surface area (Å²) in [5.41, 5.74) is 14.3. The normalized spacial score (nSPS) is 10.8. The van der Waals surface area contributed by atoms with Gasteiger partial charge in [-0.05, 0) is 41.5 Å². The number of carbonyl (C=O) groups is 1. The van der Waals surface area contributed by atoms with Crippen LogP contribution in [-0.4, -0.2) is 42.2 Å². The summed E-state index contributed by atoms with van der Waals surface area (Å²) >= 11 is 0. The summed E-state index contributed by atoms with van der Waals surface area (Å²) in [5.74, 6) is 0.728. The van der Waals surface area contributed by atoms with Crippen molar-refractivity contribution in [2.45, 2.75) is 13.3 Å². The van der Waals surface area contributed by atoms with Crippen LogP contribution in [-0.2, 0) is 6.42 Å². The van der Waals surface area contributed by atoms with Crippen LogP contribution < -0.4 is 21.8 Å². The van der Waals surface area contributed by atoms with Crippen LogP contribution in [0.1, 0.15) is 23.1 Å². The van der Waals surface area contributed by atoms with Crippen molar-refractivity contribution in [3.8, 4) is 22.7 Å². The molecule has 0 unspecified atom stereocenters. The van der Waals surface area contributed by atoms with Crippen molar-refractivity contribution in [3.63, 3.8) is 0 Å². The second-order valence-corrected chi connectivity index (χ2v) is 8.66. The third kappa shape index (κ3) is 4.83. The molecule has 11 nitrogen and oxygen atoms in total. The van der Waals surface area contributed by atoms with E-state index >= 15 is 0 Å². The van der Waals surface area contributed by atoms with Gasteiger partial charge in [-0.25, -0.2) is 19.5 Å². The molecule has 0 aliphatic rings. The number of amides is 1. The number of rotatable bonds is 5. The van der Waals surface area contributed by atoms with E-state index in [9.17, 15) is 9.59 Å². The van der Waals surface area contributed by atoms with Crippen LogP contribution in [0, 0.1) is 0 Å². The second-order valence-electron chi connectivity index (χ2n) is 8.66. The van der Waals surface area contributed by atoms with Gasteiger partial charge < -0.3 is 16.2 Å². The van der Waals surface area contributed by atoms with Crippen molar-refractivity contribution in [1.29, 1.82) is 0 Å². The van der Waals surface area contributed by atoms with Crippen LogP contribution in [0.25, 0.3) is 33.4 Å². The first-order valence-electron chi connectivity index (χ1n) is 12.4. The Morgan fingerprint density at radius 1 is 1.00 bits per heavy atom. The minimum Gasteiger partial charge on any atom is -0.481 e. The van der Waals surface area contributed by atoms with Gasteiger partial charge in [0.1, 0.15) is 11.4 Å². The molecule has 0 aliphatic carbocycles.